The maximum Gasteiger partial charge on any atom is 0.260 e. The van der Waals surface area contributed by atoms with Gasteiger partial charge in [-0.25, -0.2) is 0 Å². The van der Waals surface area contributed by atoms with Gasteiger partial charge in [-0.1, -0.05) is 23.8 Å². The number of aromatic nitrogens is 2. The van der Waals surface area contributed by atoms with Crippen molar-refractivity contribution in [1.82, 2.24) is 15.1 Å². The van der Waals surface area contributed by atoms with E-state index in [0.717, 1.165) is 35.2 Å². The van der Waals surface area contributed by atoms with Crippen LogP contribution in [0.1, 0.15) is 5.56 Å². The number of carbonyl (C=O) groups is 1. The molecule has 0 spiro atoms. The van der Waals surface area contributed by atoms with E-state index < -0.39 is 0 Å². The molecule has 0 aliphatic carbocycles. The molecule has 0 unspecified atom stereocenters. The van der Waals surface area contributed by atoms with Crippen LogP contribution in [0.3, 0.4) is 0 Å². The van der Waals surface area contributed by atoms with E-state index in [-0.39, 0.29) is 12.5 Å². The largest absolute Gasteiger partial charge is 0.484 e. The molecule has 28 heavy (non-hydrogen) atoms. The molecule has 0 N–H and O–H groups in total. The van der Waals surface area contributed by atoms with E-state index in [9.17, 15) is 4.79 Å². The smallest absolute Gasteiger partial charge is 0.260 e. The van der Waals surface area contributed by atoms with Crippen LogP contribution in [0.25, 0.3) is 10.6 Å². The van der Waals surface area contributed by atoms with E-state index in [1.165, 1.54) is 5.56 Å². The van der Waals surface area contributed by atoms with Crippen LogP contribution in [0.4, 0.5) is 5.82 Å². The van der Waals surface area contributed by atoms with Gasteiger partial charge in [0.05, 0.1) is 4.88 Å². The Morgan fingerprint density at radius 3 is 2.46 bits per heavy atom. The lowest BCUT2D eigenvalue weighted by Gasteiger charge is -2.35. The highest BCUT2D eigenvalue weighted by atomic mass is 32.1. The number of nitrogens with zero attached hydrogens (tertiary/aromatic N) is 4. The molecular formula is C21H22N4O2S. The Morgan fingerprint density at radius 1 is 1.04 bits per heavy atom. The summed E-state index contributed by atoms with van der Waals surface area (Å²) < 4.78 is 5.61. The lowest BCUT2D eigenvalue weighted by atomic mass is 10.2. The number of hydrogen-bond acceptors (Lipinski definition) is 6. The molecule has 144 valence electrons. The van der Waals surface area contributed by atoms with Crippen molar-refractivity contribution in [1.29, 1.82) is 0 Å². The first-order valence-electron chi connectivity index (χ1n) is 9.29. The van der Waals surface area contributed by atoms with Crippen molar-refractivity contribution in [2.24, 2.45) is 0 Å². The van der Waals surface area contributed by atoms with Crippen LogP contribution in [-0.2, 0) is 4.79 Å². The van der Waals surface area contributed by atoms with Gasteiger partial charge in [0.2, 0.25) is 0 Å². The van der Waals surface area contributed by atoms with Gasteiger partial charge in [-0.3, -0.25) is 4.79 Å². The molecule has 1 fully saturated rings. The van der Waals surface area contributed by atoms with Gasteiger partial charge in [-0.15, -0.1) is 21.5 Å². The molecule has 1 aromatic carbocycles. The Balaban J connectivity index is 1.28. The minimum atomic E-state index is 0.0133. The van der Waals surface area contributed by atoms with Crippen LogP contribution >= 0.6 is 11.3 Å². The molecule has 2 aromatic heterocycles. The summed E-state index contributed by atoms with van der Waals surface area (Å²) in [5, 5.41) is 10.7. The Hall–Kier alpha value is -2.93. The van der Waals surface area contributed by atoms with Gasteiger partial charge in [0.15, 0.2) is 12.4 Å². The van der Waals surface area contributed by atoms with E-state index in [2.05, 4.69) is 15.1 Å². The van der Waals surface area contributed by atoms with Gasteiger partial charge in [-0.05, 0) is 42.6 Å². The van der Waals surface area contributed by atoms with E-state index in [1.807, 2.05) is 65.7 Å². The minimum absolute atomic E-state index is 0.0133. The first-order chi connectivity index (χ1) is 13.7. The molecule has 4 rings (SSSR count). The number of amides is 1. The molecule has 6 nitrogen and oxygen atoms in total. The molecule has 1 saturated heterocycles. The SMILES string of the molecule is Cc1ccc(OCC(=O)N2CCN(c3ccc(-c4cccs4)nn3)CC2)cc1. The lowest BCUT2D eigenvalue weighted by Crippen LogP contribution is -2.50. The summed E-state index contributed by atoms with van der Waals surface area (Å²) >= 11 is 1.65. The van der Waals surface area contributed by atoms with Crippen molar-refractivity contribution in [2.45, 2.75) is 6.92 Å². The average molecular weight is 395 g/mol. The number of thiophene rings is 1. The summed E-state index contributed by atoms with van der Waals surface area (Å²) in [6, 6.07) is 15.8. The number of ether oxygens (including phenoxy) is 1. The first kappa shape index (κ1) is 18.4. The molecular weight excluding hydrogens is 372 g/mol. The van der Waals surface area contributed by atoms with Crippen LogP contribution in [0, 0.1) is 6.92 Å². The number of hydrogen-bond donors (Lipinski definition) is 0. The van der Waals surface area contributed by atoms with Crippen LogP contribution < -0.4 is 9.64 Å². The predicted octanol–water partition coefficient (Wildman–Crippen LogP) is 3.24. The number of anilines is 1. The van der Waals surface area contributed by atoms with Crippen LogP contribution in [-0.4, -0.2) is 53.8 Å². The lowest BCUT2D eigenvalue weighted by molar-refractivity contribution is -0.133. The standard InChI is InChI=1S/C21H22N4O2S/c1-16-4-6-17(7-5-16)27-15-21(26)25-12-10-24(11-13-25)20-9-8-18(22-23-20)19-3-2-14-28-19/h2-9,14H,10-13,15H2,1H3. The fourth-order valence-electron chi connectivity index (χ4n) is 3.11. The number of rotatable bonds is 5. The van der Waals surface area contributed by atoms with E-state index in [1.54, 1.807) is 11.3 Å². The predicted molar refractivity (Wildman–Crippen MR) is 111 cm³/mol. The molecule has 3 aromatic rings. The van der Waals surface area contributed by atoms with E-state index in [4.69, 9.17) is 4.74 Å². The van der Waals surface area contributed by atoms with Crippen molar-refractivity contribution in [3.05, 3.63) is 59.5 Å². The zero-order chi connectivity index (χ0) is 19.3. The summed E-state index contributed by atoms with van der Waals surface area (Å²) in [6.45, 7) is 4.88. The monoisotopic (exact) mass is 394 g/mol. The molecule has 1 amide bonds. The molecule has 0 radical (unpaired) electrons. The van der Waals surface area contributed by atoms with E-state index >= 15 is 0 Å². The highest BCUT2D eigenvalue weighted by Gasteiger charge is 2.22. The van der Waals surface area contributed by atoms with Gasteiger partial charge >= 0.3 is 0 Å². The maximum absolute atomic E-state index is 12.4. The van der Waals surface area contributed by atoms with Gasteiger partial charge < -0.3 is 14.5 Å². The fourth-order valence-corrected chi connectivity index (χ4v) is 3.80. The second-order valence-electron chi connectivity index (χ2n) is 6.72. The maximum atomic E-state index is 12.4. The molecule has 3 heterocycles. The molecule has 1 aliphatic rings. The number of aryl methyl sites for hydroxylation is 1. The second kappa shape index (κ2) is 8.39. The summed E-state index contributed by atoms with van der Waals surface area (Å²) in [5.41, 5.74) is 2.06. The zero-order valence-electron chi connectivity index (χ0n) is 15.7. The van der Waals surface area contributed by atoms with Crippen molar-refractivity contribution < 1.29 is 9.53 Å². The molecule has 0 atom stereocenters. The van der Waals surface area contributed by atoms with Gasteiger partial charge in [0, 0.05) is 26.2 Å². The quantitative estimate of drug-likeness (QED) is 0.665. The van der Waals surface area contributed by atoms with Gasteiger partial charge in [0.25, 0.3) is 5.91 Å². The van der Waals surface area contributed by atoms with Crippen LogP contribution in [0.15, 0.2) is 53.9 Å². The summed E-state index contributed by atoms with van der Waals surface area (Å²) in [7, 11) is 0. The third-order valence-electron chi connectivity index (χ3n) is 4.76. The van der Waals surface area contributed by atoms with Crippen LogP contribution in [0.2, 0.25) is 0 Å². The Bertz CT molecular complexity index is 903. The van der Waals surface area contributed by atoms with Crippen molar-refractivity contribution >= 4 is 23.1 Å². The third kappa shape index (κ3) is 4.31. The second-order valence-corrected chi connectivity index (χ2v) is 7.67. The summed E-state index contributed by atoms with van der Waals surface area (Å²) in [5.74, 6) is 1.58. The average Bonchev–Trinajstić information content (AvgIpc) is 3.28. The Morgan fingerprint density at radius 2 is 1.82 bits per heavy atom. The number of piperazine rings is 1. The van der Waals surface area contributed by atoms with Gasteiger partial charge in [0.1, 0.15) is 11.4 Å². The zero-order valence-corrected chi connectivity index (χ0v) is 16.6. The van der Waals surface area contributed by atoms with Gasteiger partial charge in [-0.2, -0.15) is 0 Å². The molecule has 1 aliphatic heterocycles. The molecule has 0 bridgehead atoms. The Labute approximate surface area is 168 Å². The topological polar surface area (TPSA) is 58.6 Å². The highest BCUT2D eigenvalue weighted by Crippen LogP contribution is 2.23. The summed E-state index contributed by atoms with van der Waals surface area (Å²) in [6.07, 6.45) is 0. The van der Waals surface area contributed by atoms with Crippen molar-refractivity contribution in [3.63, 3.8) is 0 Å². The van der Waals surface area contributed by atoms with Crippen LogP contribution in [0.5, 0.6) is 5.75 Å². The third-order valence-corrected chi connectivity index (χ3v) is 5.66. The molecule has 0 saturated carbocycles. The normalized spacial score (nSPS) is 14.2. The number of benzene rings is 1. The Kier molecular flexibility index (Phi) is 5.53. The molecule has 7 heteroatoms. The fraction of sp³-hybridized carbons (Fsp3) is 0.286. The highest BCUT2D eigenvalue weighted by molar-refractivity contribution is 7.13. The van der Waals surface area contributed by atoms with E-state index in [0.29, 0.717) is 13.1 Å². The minimum Gasteiger partial charge on any atom is -0.484 e. The van der Waals surface area contributed by atoms with Crippen molar-refractivity contribution in [2.75, 3.05) is 37.7 Å². The first-order valence-corrected chi connectivity index (χ1v) is 10.2. The summed E-state index contributed by atoms with van der Waals surface area (Å²) in [4.78, 5) is 17.5. The number of carbonyl (C=O) groups excluding carboxylic acids is 1. The van der Waals surface area contributed by atoms with Crippen molar-refractivity contribution in [3.8, 4) is 16.3 Å².